The zero-order valence-corrected chi connectivity index (χ0v) is 11.1. The number of benzene rings is 1. The molecule has 0 unspecified atom stereocenters. The molecule has 0 bridgehead atoms. The maximum absolute atomic E-state index is 11.6. The van der Waals surface area contributed by atoms with Crippen molar-refractivity contribution >= 4 is 5.97 Å². The van der Waals surface area contributed by atoms with Crippen LogP contribution in [0, 0.1) is 6.92 Å². The number of allylic oxidation sites excluding steroid dienone is 2. The number of rotatable bonds is 5. The fraction of sp³-hybridized carbons (Fsp3) is 0.400. The summed E-state index contributed by atoms with van der Waals surface area (Å²) in [7, 11) is 0. The summed E-state index contributed by atoms with van der Waals surface area (Å²) in [5, 5.41) is 9.41. The predicted octanol–water partition coefficient (Wildman–Crippen LogP) is 3.31. The molecular formula is C15H20O3. The van der Waals surface area contributed by atoms with Crippen molar-refractivity contribution in [2.45, 2.75) is 33.1 Å². The van der Waals surface area contributed by atoms with E-state index < -0.39 is 0 Å². The molecule has 1 aromatic rings. The summed E-state index contributed by atoms with van der Waals surface area (Å²) in [6, 6.07) is 5.20. The van der Waals surface area contributed by atoms with Gasteiger partial charge in [-0.1, -0.05) is 18.2 Å². The molecule has 0 aliphatic rings. The quantitative estimate of drug-likeness (QED) is 0.642. The van der Waals surface area contributed by atoms with Gasteiger partial charge >= 0.3 is 5.97 Å². The number of phenolic OH excluding ortho intramolecular Hbond substituents is 1. The topological polar surface area (TPSA) is 46.5 Å². The lowest BCUT2D eigenvalue weighted by Crippen LogP contribution is -2.10. The van der Waals surface area contributed by atoms with Crippen LogP contribution in [0.15, 0.2) is 30.4 Å². The highest BCUT2D eigenvalue weighted by Gasteiger charge is 2.16. The van der Waals surface area contributed by atoms with E-state index in [2.05, 4.69) is 0 Å². The fourth-order valence-corrected chi connectivity index (χ4v) is 1.99. The smallest absolute Gasteiger partial charge is 0.306 e. The van der Waals surface area contributed by atoms with E-state index in [0.29, 0.717) is 13.0 Å². The van der Waals surface area contributed by atoms with Crippen LogP contribution in [0.2, 0.25) is 0 Å². The van der Waals surface area contributed by atoms with Crippen molar-refractivity contribution in [3.63, 3.8) is 0 Å². The Morgan fingerprint density at radius 3 is 2.78 bits per heavy atom. The number of aryl methyl sites for hydroxylation is 1. The molecule has 0 aliphatic carbocycles. The third-order valence-corrected chi connectivity index (χ3v) is 2.77. The second-order valence-electron chi connectivity index (χ2n) is 4.18. The van der Waals surface area contributed by atoms with Gasteiger partial charge in [0.2, 0.25) is 0 Å². The van der Waals surface area contributed by atoms with Crippen molar-refractivity contribution in [1.82, 2.24) is 0 Å². The molecule has 0 fully saturated rings. The number of hydrogen-bond acceptors (Lipinski definition) is 3. The van der Waals surface area contributed by atoms with Crippen LogP contribution in [-0.4, -0.2) is 17.7 Å². The van der Waals surface area contributed by atoms with Crippen molar-refractivity contribution in [1.29, 1.82) is 0 Å². The van der Waals surface area contributed by atoms with Gasteiger partial charge in [-0.05, 0) is 44.0 Å². The van der Waals surface area contributed by atoms with Gasteiger partial charge < -0.3 is 9.84 Å². The van der Waals surface area contributed by atoms with E-state index >= 15 is 0 Å². The van der Waals surface area contributed by atoms with Crippen LogP contribution in [0.3, 0.4) is 0 Å². The summed E-state index contributed by atoms with van der Waals surface area (Å²) in [6.07, 6.45) is 4.23. The standard InChI is InChI=1S/C15H20O3/c1-4-6-12(10-15(17)18-5-2)14-8-7-13(16)9-11(14)3/h4,6-9,12,16H,5,10H2,1-3H3/t12-/m1/s1. The van der Waals surface area contributed by atoms with Crippen LogP contribution in [0.25, 0.3) is 0 Å². The number of esters is 1. The Labute approximate surface area is 108 Å². The Morgan fingerprint density at radius 2 is 2.22 bits per heavy atom. The van der Waals surface area contributed by atoms with E-state index in [0.717, 1.165) is 11.1 Å². The summed E-state index contributed by atoms with van der Waals surface area (Å²) in [6.45, 7) is 6.05. The lowest BCUT2D eigenvalue weighted by Gasteiger charge is -2.15. The maximum atomic E-state index is 11.6. The Balaban J connectivity index is 2.93. The lowest BCUT2D eigenvalue weighted by molar-refractivity contribution is -0.143. The second-order valence-corrected chi connectivity index (χ2v) is 4.18. The molecule has 1 rings (SSSR count). The molecule has 1 aromatic carbocycles. The minimum atomic E-state index is -0.201. The van der Waals surface area contributed by atoms with Crippen molar-refractivity contribution in [3.05, 3.63) is 41.5 Å². The lowest BCUT2D eigenvalue weighted by atomic mass is 9.91. The van der Waals surface area contributed by atoms with Gasteiger partial charge in [-0.3, -0.25) is 4.79 Å². The molecule has 98 valence electrons. The SMILES string of the molecule is CC=C[C@H](CC(=O)OCC)c1ccc(O)cc1C. The number of carbonyl (C=O) groups excluding carboxylic acids is 1. The molecule has 0 saturated carbocycles. The summed E-state index contributed by atoms with van der Waals surface area (Å²) in [5.41, 5.74) is 2.02. The second kappa shape index (κ2) is 6.84. The van der Waals surface area contributed by atoms with Crippen LogP contribution in [0.5, 0.6) is 5.75 Å². The summed E-state index contributed by atoms with van der Waals surface area (Å²) < 4.78 is 4.98. The van der Waals surface area contributed by atoms with Gasteiger partial charge in [-0.25, -0.2) is 0 Å². The first-order chi connectivity index (χ1) is 8.58. The number of ether oxygens (including phenoxy) is 1. The summed E-state index contributed by atoms with van der Waals surface area (Å²) >= 11 is 0. The first-order valence-corrected chi connectivity index (χ1v) is 6.16. The average Bonchev–Trinajstić information content (AvgIpc) is 2.29. The van der Waals surface area contributed by atoms with Gasteiger partial charge in [0.15, 0.2) is 0 Å². The van der Waals surface area contributed by atoms with Crippen LogP contribution >= 0.6 is 0 Å². The molecule has 0 saturated heterocycles. The highest BCUT2D eigenvalue weighted by molar-refractivity contribution is 5.71. The zero-order chi connectivity index (χ0) is 13.5. The molecule has 0 spiro atoms. The van der Waals surface area contributed by atoms with Gasteiger partial charge in [-0.15, -0.1) is 0 Å². The van der Waals surface area contributed by atoms with Gasteiger partial charge in [0.1, 0.15) is 5.75 Å². The van der Waals surface area contributed by atoms with Gasteiger partial charge in [0, 0.05) is 5.92 Å². The number of hydrogen-bond donors (Lipinski definition) is 1. The number of phenols is 1. The van der Waals surface area contributed by atoms with E-state index in [1.165, 1.54) is 0 Å². The fourth-order valence-electron chi connectivity index (χ4n) is 1.99. The monoisotopic (exact) mass is 248 g/mol. The normalized spacial score (nSPS) is 12.6. The largest absolute Gasteiger partial charge is 0.508 e. The Kier molecular flexibility index (Phi) is 5.43. The highest BCUT2D eigenvalue weighted by Crippen LogP contribution is 2.27. The van der Waals surface area contributed by atoms with Crippen molar-refractivity contribution in [2.24, 2.45) is 0 Å². The zero-order valence-electron chi connectivity index (χ0n) is 11.1. The highest BCUT2D eigenvalue weighted by atomic mass is 16.5. The van der Waals surface area contributed by atoms with E-state index in [1.54, 1.807) is 19.1 Å². The minimum absolute atomic E-state index is 0.00495. The third kappa shape index (κ3) is 3.91. The van der Waals surface area contributed by atoms with Crippen molar-refractivity contribution < 1.29 is 14.6 Å². The summed E-state index contributed by atoms with van der Waals surface area (Å²) in [5.74, 6) is 0.0364. The van der Waals surface area contributed by atoms with Gasteiger partial charge in [0.25, 0.3) is 0 Å². The Bertz CT molecular complexity index is 435. The van der Waals surface area contributed by atoms with Crippen molar-refractivity contribution in [2.75, 3.05) is 6.61 Å². The minimum Gasteiger partial charge on any atom is -0.508 e. The first-order valence-electron chi connectivity index (χ1n) is 6.16. The van der Waals surface area contributed by atoms with E-state index in [1.807, 2.05) is 32.1 Å². The Morgan fingerprint density at radius 1 is 1.50 bits per heavy atom. The molecule has 18 heavy (non-hydrogen) atoms. The molecule has 0 radical (unpaired) electrons. The number of carbonyl (C=O) groups is 1. The van der Waals surface area contributed by atoms with E-state index in [4.69, 9.17) is 4.74 Å². The molecule has 1 N–H and O–H groups in total. The average molecular weight is 248 g/mol. The van der Waals surface area contributed by atoms with Gasteiger partial charge in [-0.2, -0.15) is 0 Å². The molecule has 3 heteroatoms. The molecule has 1 atom stereocenters. The third-order valence-electron chi connectivity index (χ3n) is 2.77. The molecule has 3 nitrogen and oxygen atoms in total. The van der Waals surface area contributed by atoms with Crippen molar-refractivity contribution in [3.8, 4) is 5.75 Å². The van der Waals surface area contributed by atoms with E-state index in [9.17, 15) is 9.90 Å². The molecule has 0 aromatic heterocycles. The van der Waals surface area contributed by atoms with E-state index in [-0.39, 0.29) is 17.6 Å². The predicted molar refractivity (Wildman–Crippen MR) is 71.6 cm³/mol. The van der Waals surface area contributed by atoms with Crippen LogP contribution in [0.1, 0.15) is 37.3 Å². The van der Waals surface area contributed by atoms with Crippen LogP contribution in [0.4, 0.5) is 0 Å². The molecule has 0 aliphatic heterocycles. The molecule has 0 amide bonds. The first kappa shape index (κ1) is 14.3. The maximum Gasteiger partial charge on any atom is 0.306 e. The molecule has 0 heterocycles. The summed E-state index contributed by atoms with van der Waals surface area (Å²) in [4.78, 5) is 11.6. The Hall–Kier alpha value is -1.77. The molecular weight excluding hydrogens is 228 g/mol. The van der Waals surface area contributed by atoms with Crippen LogP contribution < -0.4 is 0 Å². The number of aromatic hydroxyl groups is 1. The van der Waals surface area contributed by atoms with Gasteiger partial charge in [0.05, 0.1) is 13.0 Å². The van der Waals surface area contributed by atoms with Crippen LogP contribution in [-0.2, 0) is 9.53 Å².